The summed E-state index contributed by atoms with van der Waals surface area (Å²) in [7, 11) is 0. The van der Waals surface area contributed by atoms with Gasteiger partial charge in [-0.05, 0) is 37.5 Å². The number of aliphatic hydroxyl groups is 1. The van der Waals surface area contributed by atoms with Gasteiger partial charge in [-0.15, -0.1) is 0 Å². The zero-order valence-electron chi connectivity index (χ0n) is 7.51. The summed E-state index contributed by atoms with van der Waals surface area (Å²) < 4.78 is 0. The topological polar surface area (TPSA) is 20.2 Å². The fraction of sp³-hybridized carbons (Fsp3) is 0.800. The van der Waals surface area contributed by atoms with Crippen LogP contribution in [-0.4, -0.2) is 11.7 Å². The molecule has 1 nitrogen and oxygen atoms in total. The van der Waals surface area contributed by atoms with E-state index in [9.17, 15) is 0 Å². The summed E-state index contributed by atoms with van der Waals surface area (Å²) in [5, 5.41) is 9.11. The summed E-state index contributed by atoms with van der Waals surface area (Å²) >= 11 is 0. The first-order valence-electron chi connectivity index (χ1n) is 4.43. The van der Waals surface area contributed by atoms with Crippen molar-refractivity contribution in [3.63, 3.8) is 0 Å². The van der Waals surface area contributed by atoms with Gasteiger partial charge in [-0.2, -0.15) is 0 Å². The van der Waals surface area contributed by atoms with Crippen LogP contribution in [0.5, 0.6) is 0 Å². The molecule has 0 aromatic rings. The summed E-state index contributed by atoms with van der Waals surface area (Å²) in [6.45, 7) is 8.59. The molecule has 0 radical (unpaired) electrons. The summed E-state index contributed by atoms with van der Waals surface area (Å²) in [4.78, 5) is 0. The maximum atomic E-state index is 9.11. The predicted molar refractivity (Wildman–Crippen MR) is 47.3 cm³/mol. The number of hydrogen-bond acceptors (Lipinski definition) is 1. The van der Waals surface area contributed by atoms with E-state index in [4.69, 9.17) is 5.11 Å². The lowest BCUT2D eigenvalue weighted by molar-refractivity contribution is 0.178. The third-order valence-electron chi connectivity index (χ3n) is 3.02. The van der Waals surface area contributed by atoms with Gasteiger partial charge in [0.1, 0.15) is 0 Å². The molecule has 0 aliphatic heterocycles. The Morgan fingerprint density at radius 3 is 2.55 bits per heavy atom. The molecule has 0 heterocycles. The van der Waals surface area contributed by atoms with Gasteiger partial charge in [0, 0.05) is 6.61 Å². The first-order chi connectivity index (χ1) is 5.16. The zero-order chi connectivity index (χ0) is 8.43. The summed E-state index contributed by atoms with van der Waals surface area (Å²) in [6.07, 6.45) is 2.48. The Morgan fingerprint density at radius 2 is 2.18 bits per heavy atom. The van der Waals surface area contributed by atoms with E-state index < -0.39 is 0 Å². The van der Waals surface area contributed by atoms with Crippen LogP contribution in [-0.2, 0) is 0 Å². The highest BCUT2D eigenvalue weighted by Gasteiger charge is 2.32. The van der Waals surface area contributed by atoms with E-state index in [1.165, 1.54) is 18.4 Å². The lowest BCUT2D eigenvalue weighted by Gasteiger charge is -2.20. The monoisotopic (exact) mass is 154 g/mol. The molecule has 11 heavy (non-hydrogen) atoms. The molecule has 1 aliphatic rings. The van der Waals surface area contributed by atoms with Gasteiger partial charge >= 0.3 is 0 Å². The SMILES string of the molecule is C=C(C)[C@H]1CC[C@H](C)[C@H]1CO. The van der Waals surface area contributed by atoms with Crippen LogP contribution in [0.25, 0.3) is 0 Å². The van der Waals surface area contributed by atoms with Crippen LogP contribution >= 0.6 is 0 Å². The standard InChI is InChI=1S/C10H18O/c1-7(2)9-5-4-8(3)10(9)6-11/h8-11H,1,4-6H2,2-3H3/t8-,9+,10+/m0/s1. The summed E-state index contributed by atoms with van der Waals surface area (Å²) in [5.74, 6) is 1.74. The molecule has 1 fully saturated rings. The molecular formula is C10H18O. The van der Waals surface area contributed by atoms with E-state index in [-0.39, 0.29) is 0 Å². The molecule has 1 heteroatoms. The van der Waals surface area contributed by atoms with Crippen LogP contribution < -0.4 is 0 Å². The molecule has 1 saturated carbocycles. The smallest absolute Gasteiger partial charge is 0.0467 e. The minimum absolute atomic E-state index is 0.332. The molecule has 0 saturated heterocycles. The molecule has 0 aromatic heterocycles. The molecular weight excluding hydrogens is 136 g/mol. The molecule has 0 unspecified atom stereocenters. The molecule has 1 aliphatic carbocycles. The Labute approximate surface area is 69.1 Å². The van der Waals surface area contributed by atoms with Crippen molar-refractivity contribution >= 4 is 0 Å². The van der Waals surface area contributed by atoms with Crippen molar-refractivity contribution in [2.75, 3.05) is 6.61 Å². The van der Waals surface area contributed by atoms with Crippen LogP contribution in [0.1, 0.15) is 26.7 Å². The van der Waals surface area contributed by atoms with Crippen LogP contribution in [0.4, 0.5) is 0 Å². The highest BCUT2D eigenvalue weighted by atomic mass is 16.3. The van der Waals surface area contributed by atoms with Crippen molar-refractivity contribution in [2.45, 2.75) is 26.7 Å². The second-order valence-electron chi connectivity index (χ2n) is 3.85. The molecule has 64 valence electrons. The zero-order valence-corrected chi connectivity index (χ0v) is 7.51. The van der Waals surface area contributed by atoms with Crippen molar-refractivity contribution in [3.8, 4) is 0 Å². The normalized spacial score (nSPS) is 37.5. The Morgan fingerprint density at radius 1 is 1.55 bits per heavy atom. The quantitative estimate of drug-likeness (QED) is 0.605. The van der Waals surface area contributed by atoms with E-state index in [1.54, 1.807) is 0 Å². The second kappa shape index (κ2) is 3.40. The Bertz CT molecular complexity index is 151. The van der Waals surface area contributed by atoms with Crippen LogP contribution in [0.3, 0.4) is 0 Å². The second-order valence-corrected chi connectivity index (χ2v) is 3.85. The summed E-state index contributed by atoms with van der Waals surface area (Å²) in [5.41, 5.74) is 1.24. The number of hydrogen-bond donors (Lipinski definition) is 1. The van der Waals surface area contributed by atoms with Crippen LogP contribution in [0, 0.1) is 17.8 Å². The number of rotatable bonds is 2. The lowest BCUT2D eigenvalue weighted by Crippen LogP contribution is -2.17. The number of aliphatic hydroxyl groups excluding tert-OH is 1. The largest absolute Gasteiger partial charge is 0.396 e. The van der Waals surface area contributed by atoms with E-state index in [1.807, 2.05) is 0 Å². The van der Waals surface area contributed by atoms with Gasteiger partial charge in [-0.25, -0.2) is 0 Å². The van der Waals surface area contributed by atoms with Gasteiger partial charge in [0.2, 0.25) is 0 Å². The fourth-order valence-electron chi connectivity index (χ4n) is 2.19. The van der Waals surface area contributed by atoms with Crippen molar-refractivity contribution < 1.29 is 5.11 Å². The first kappa shape index (κ1) is 8.79. The Hall–Kier alpha value is -0.300. The van der Waals surface area contributed by atoms with Gasteiger partial charge < -0.3 is 5.11 Å². The predicted octanol–water partition coefficient (Wildman–Crippen LogP) is 2.22. The van der Waals surface area contributed by atoms with Gasteiger partial charge in [-0.3, -0.25) is 0 Å². The molecule has 0 amide bonds. The van der Waals surface area contributed by atoms with Crippen molar-refractivity contribution in [2.24, 2.45) is 17.8 Å². The summed E-state index contributed by atoms with van der Waals surface area (Å²) in [6, 6.07) is 0. The third kappa shape index (κ3) is 1.64. The fourth-order valence-corrected chi connectivity index (χ4v) is 2.19. The third-order valence-corrected chi connectivity index (χ3v) is 3.02. The van der Waals surface area contributed by atoms with Gasteiger partial charge in [-0.1, -0.05) is 19.1 Å². The van der Waals surface area contributed by atoms with Crippen molar-refractivity contribution in [1.29, 1.82) is 0 Å². The minimum Gasteiger partial charge on any atom is -0.396 e. The van der Waals surface area contributed by atoms with E-state index in [2.05, 4.69) is 20.4 Å². The van der Waals surface area contributed by atoms with Crippen LogP contribution in [0.15, 0.2) is 12.2 Å². The molecule has 0 spiro atoms. The highest BCUT2D eigenvalue weighted by molar-refractivity contribution is 5.03. The van der Waals surface area contributed by atoms with Gasteiger partial charge in [0.05, 0.1) is 0 Å². The maximum absolute atomic E-state index is 9.11. The average molecular weight is 154 g/mol. The van der Waals surface area contributed by atoms with E-state index in [0.29, 0.717) is 24.4 Å². The minimum atomic E-state index is 0.332. The molecule has 3 atom stereocenters. The number of allylic oxidation sites excluding steroid dienone is 1. The highest BCUT2D eigenvalue weighted by Crippen LogP contribution is 2.39. The molecule has 1 N–H and O–H groups in total. The molecule has 1 rings (SSSR count). The van der Waals surface area contributed by atoms with Crippen molar-refractivity contribution in [3.05, 3.63) is 12.2 Å². The van der Waals surface area contributed by atoms with Gasteiger partial charge in [0.15, 0.2) is 0 Å². The van der Waals surface area contributed by atoms with Crippen molar-refractivity contribution in [1.82, 2.24) is 0 Å². The van der Waals surface area contributed by atoms with E-state index in [0.717, 1.165) is 0 Å². The molecule has 0 bridgehead atoms. The average Bonchev–Trinajstić information content (AvgIpc) is 2.30. The lowest BCUT2D eigenvalue weighted by atomic mass is 9.87. The Kier molecular flexibility index (Phi) is 2.72. The van der Waals surface area contributed by atoms with Gasteiger partial charge in [0.25, 0.3) is 0 Å². The Balaban J connectivity index is 2.61. The van der Waals surface area contributed by atoms with E-state index >= 15 is 0 Å². The maximum Gasteiger partial charge on any atom is 0.0467 e. The first-order valence-corrected chi connectivity index (χ1v) is 4.43. The molecule has 0 aromatic carbocycles. The van der Waals surface area contributed by atoms with Crippen LogP contribution in [0.2, 0.25) is 0 Å².